The summed E-state index contributed by atoms with van der Waals surface area (Å²) in [6.45, 7) is 5.72. The van der Waals surface area contributed by atoms with Crippen molar-refractivity contribution < 1.29 is 13.2 Å². The third kappa shape index (κ3) is 4.75. The summed E-state index contributed by atoms with van der Waals surface area (Å²) in [6.07, 6.45) is 2.75. The van der Waals surface area contributed by atoms with Crippen LogP contribution in [0, 0.1) is 0 Å². The average Bonchev–Trinajstić information content (AvgIpc) is 2.35. The molecule has 5 nitrogen and oxygen atoms in total. The standard InChI is InChI=1S/C13H18N2O3S/c1-4-9-14-13(16)15-10(2)11-5-7-12(8-6-11)19(3,17)18/h4-8,10H,1,9H2,2-3H3,(H2,14,15,16). The number of urea groups is 1. The van der Waals surface area contributed by atoms with Crippen LogP contribution in [0.4, 0.5) is 4.79 Å². The molecule has 6 heteroatoms. The van der Waals surface area contributed by atoms with Gasteiger partial charge in [-0.05, 0) is 24.6 Å². The normalized spacial score (nSPS) is 12.5. The molecule has 19 heavy (non-hydrogen) atoms. The van der Waals surface area contributed by atoms with Gasteiger partial charge in [0, 0.05) is 12.8 Å². The maximum Gasteiger partial charge on any atom is 0.315 e. The first-order valence-corrected chi connectivity index (χ1v) is 7.69. The Hall–Kier alpha value is -1.82. The van der Waals surface area contributed by atoms with Crippen molar-refractivity contribution in [2.24, 2.45) is 0 Å². The van der Waals surface area contributed by atoms with Crippen molar-refractivity contribution in [2.75, 3.05) is 12.8 Å². The second-order valence-corrected chi connectivity index (χ2v) is 6.22. The molecular weight excluding hydrogens is 264 g/mol. The molecule has 0 saturated carbocycles. The quantitative estimate of drug-likeness (QED) is 0.806. The van der Waals surface area contributed by atoms with E-state index in [1.807, 2.05) is 6.92 Å². The Morgan fingerprint density at radius 2 is 1.95 bits per heavy atom. The molecule has 1 unspecified atom stereocenters. The SMILES string of the molecule is C=CCNC(=O)NC(C)c1ccc(S(C)(=O)=O)cc1. The van der Waals surface area contributed by atoms with Gasteiger partial charge in [0.05, 0.1) is 10.9 Å². The van der Waals surface area contributed by atoms with Gasteiger partial charge < -0.3 is 10.6 Å². The maximum atomic E-state index is 11.4. The van der Waals surface area contributed by atoms with Crippen molar-refractivity contribution in [1.29, 1.82) is 0 Å². The highest BCUT2D eigenvalue weighted by Crippen LogP contribution is 2.15. The molecule has 0 saturated heterocycles. The first-order chi connectivity index (χ1) is 8.84. The van der Waals surface area contributed by atoms with Gasteiger partial charge in [-0.3, -0.25) is 0 Å². The molecule has 0 aromatic heterocycles. The number of carbonyl (C=O) groups excluding carboxylic acids is 1. The van der Waals surface area contributed by atoms with Gasteiger partial charge in [-0.25, -0.2) is 13.2 Å². The first kappa shape index (κ1) is 15.2. The van der Waals surface area contributed by atoms with E-state index < -0.39 is 9.84 Å². The number of hydrogen-bond acceptors (Lipinski definition) is 3. The molecule has 104 valence electrons. The first-order valence-electron chi connectivity index (χ1n) is 5.80. The molecule has 0 bridgehead atoms. The van der Waals surface area contributed by atoms with E-state index in [1.54, 1.807) is 18.2 Å². The van der Waals surface area contributed by atoms with Gasteiger partial charge in [0.25, 0.3) is 0 Å². The highest BCUT2D eigenvalue weighted by atomic mass is 32.2. The van der Waals surface area contributed by atoms with Gasteiger partial charge in [-0.1, -0.05) is 18.2 Å². The van der Waals surface area contributed by atoms with Gasteiger partial charge in [0.1, 0.15) is 0 Å². The van der Waals surface area contributed by atoms with Crippen molar-refractivity contribution in [3.63, 3.8) is 0 Å². The lowest BCUT2D eigenvalue weighted by atomic mass is 10.1. The summed E-state index contributed by atoms with van der Waals surface area (Å²) in [6, 6.07) is 5.94. The molecular formula is C13H18N2O3S. The third-order valence-electron chi connectivity index (χ3n) is 2.56. The molecule has 1 atom stereocenters. The third-order valence-corrected chi connectivity index (χ3v) is 3.69. The van der Waals surface area contributed by atoms with E-state index in [9.17, 15) is 13.2 Å². The van der Waals surface area contributed by atoms with E-state index in [2.05, 4.69) is 17.2 Å². The summed E-state index contributed by atoms with van der Waals surface area (Å²) >= 11 is 0. The van der Waals surface area contributed by atoms with Crippen molar-refractivity contribution in [2.45, 2.75) is 17.9 Å². The maximum absolute atomic E-state index is 11.4. The number of nitrogens with one attached hydrogen (secondary N) is 2. The zero-order chi connectivity index (χ0) is 14.5. The summed E-state index contributed by atoms with van der Waals surface area (Å²) in [5, 5.41) is 5.35. The van der Waals surface area contributed by atoms with Crippen LogP contribution in [0.15, 0.2) is 41.8 Å². The summed E-state index contributed by atoms with van der Waals surface area (Å²) in [7, 11) is -3.19. The van der Waals surface area contributed by atoms with Crippen LogP contribution < -0.4 is 10.6 Å². The van der Waals surface area contributed by atoms with Crippen LogP contribution in [-0.4, -0.2) is 27.2 Å². The van der Waals surface area contributed by atoms with Crippen LogP contribution in [0.25, 0.3) is 0 Å². The van der Waals surface area contributed by atoms with Gasteiger partial charge in [-0.15, -0.1) is 6.58 Å². The van der Waals surface area contributed by atoms with Crippen molar-refractivity contribution in [3.8, 4) is 0 Å². The molecule has 0 aliphatic heterocycles. The summed E-state index contributed by atoms with van der Waals surface area (Å²) in [4.78, 5) is 11.7. The van der Waals surface area contributed by atoms with Crippen LogP contribution in [0.2, 0.25) is 0 Å². The summed E-state index contributed by atoms with van der Waals surface area (Å²) in [5.41, 5.74) is 0.834. The van der Waals surface area contributed by atoms with E-state index in [0.29, 0.717) is 6.54 Å². The minimum atomic E-state index is -3.19. The van der Waals surface area contributed by atoms with Crippen LogP contribution in [-0.2, 0) is 9.84 Å². The molecule has 0 spiro atoms. The zero-order valence-corrected chi connectivity index (χ0v) is 11.8. The van der Waals surface area contributed by atoms with Gasteiger partial charge in [0.2, 0.25) is 0 Å². The molecule has 0 heterocycles. The number of hydrogen-bond donors (Lipinski definition) is 2. The predicted molar refractivity (Wildman–Crippen MR) is 74.7 cm³/mol. The van der Waals surface area contributed by atoms with E-state index in [-0.39, 0.29) is 17.0 Å². The number of carbonyl (C=O) groups is 1. The van der Waals surface area contributed by atoms with Crippen LogP contribution in [0.5, 0.6) is 0 Å². The summed E-state index contributed by atoms with van der Waals surface area (Å²) < 4.78 is 22.6. The summed E-state index contributed by atoms with van der Waals surface area (Å²) in [5.74, 6) is 0. The topological polar surface area (TPSA) is 75.3 Å². The van der Waals surface area contributed by atoms with Gasteiger partial charge in [-0.2, -0.15) is 0 Å². The fourth-order valence-corrected chi connectivity index (χ4v) is 2.13. The fourth-order valence-electron chi connectivity index (χ4n) is 1.50. The average molecular weight is 282 g/mol. The number of amides is 2. The smallest absolute Gasteiger partial charge is 0.315 e. The minimum Gasteiger partial charge on any atom is -0.335 e. The molecule has 0 aliphatic carbocycles. The lowest BCUT2D eigenvalue weighted by Gasteiger charge is -2.14. The van der Waals surface area contributed by atoms with Crippen LogP contribution in [0.1, 0.15) is 18.5 Å². The second-order valence-electron chi connectivity index (χ2n) is 4.21. The Morgan fingerprint density at radius 1 is 1.37 bits per heavy atom. The van der Waals surface area contributed by atoms with Crippen molar-refractivity contribution in [1.82, 2.24) is 10.6 Å². The van der Waals surface area contributed by atoms with E-state index in [0.717, 1.165) is 11.8 Å². The molecule has 0 fully saturated rings. The van der Waals surface area contributed by atoms with Crippen LogP contribution >= 0.6 is 0 Å². The Balaban J connectivity index is 2.70. The second kappa shape index (κ2) is 6.38. The lowest BCUT2D eigenvalue weighted by Crippen LogP contribution is -2.37. The van der Waals surface area contributed by atoms with Gasteiger partial charge >= 0.3 is 6.03 Å². The monoisotopic (exact) mass is 282 g/mol. The zero-order valence-electron chi connectivity index (χ0n) is 11.0. The number of rotatable bonds is 5. The Labute approximate surface area is 113 Å². The highest BCUT2D eigenvalue weighted by molar-refractivity contribution is 7.90. The Kier molecular flexibility index (Phi) is 5.11. The van der Waals surface area contributed by atoms with Crippen LogP contribution in [0.3, 0.4) is 0 Å². The van der Waals surface area contributed by atoms with E-state index in [1.165, 1.54) is 12.1 Å². The lowest BCUT2D eigenvalue weighted by molar-refractivity contribution is 0.239. The molecule has 2 N–H and O–H groups in total. The molecule has 0 radical (unpaired) electrons. The molecule has 1 aromatic carbocycles. The van der Waals surface area contributed by atoms with E-state index in [4.69, 9.17) is 0 Å². The van der Waals surface area contributed by atoms with Crippen molar-refractivity contribution in [3.05, 3.63) is 42.5 Å². The molecule has 1 rings (SSSR count). The minimum absolute atomic E-state index is 0.210. The number of sulfone groups is 1. The Bertz CT molecular complexity index is 550. The predicted octanol–water partition coefficient (Wildman–Crippen LogP) is 1.64. The number of benzene rings is 1. The molecule has 1 aromatic rings. The van der Waals surface area contributed by atoms with E-state index >= 15 is 0 Å². The van der Waals surface area contributed by atoms with Crippen molar-refractivity contribution >= 4 is 15.9 Å². The highest BCUT2D eigenvalue weighted by Gasteiger charge is 2.11. The largest absolute Gasteiger partial charge is 0.335 e. The molecule has 2 amide bonds. The Morgan fingerprint density at radius 3 is 2.42 bits per heavy atom. The fraction of sp³-hybridized carbons (Fsp3) is 0.308. The molecule has 0 aliphatic rings. The van der Waals surface area contributed by atoms with Gasteiger partial charge in [0.15, 0.2) is 9.84 Å².